The number of aromatic amines is 1. The van der Waals surface area contributed by atoms with Gasteiger partial charge in [-0.15, -0.1) is 0 Å². The van der Waals surface area contributed by atoms with E-state index in [1.807, 2.05) is 0 Å². The first-order valence-electron chi connectivity index (χ1n) is 4.03. The maximum absolute atomic E-state index is 11.0. The van der Waals surface area contributed by atoms with Crippen LogP contribution in [-0.2, 0) is 0 Å². The number of rotatable bonds is 3. The van der Waals surface area contributed by atoms with Crippen LogP contribution < -0.4 is 10.3 Å². The van der Waals surface area contributed by atoms with E-state index in [1.165, 1.54) is 25.2 Å². The third kappa shape index (κ3) is 1.64. The van der Waals surface area contributed by atoms with Crippen molar-refractivity contribution < 1.29 is 4.74 Å². The SMILES string of the molecule is O=c1[nH]ccnc1OCC1CC1. The average molecular weight is 166 g/mol. The quantitative estimate of drug-likeness (QED) is 0.713. The zero-order valence-corrected chi connectivity index (χ0v) is 6.62. The molecule has 2 rings (SSSR count). The van der Waals surface area contributed by atoms with Crippen LogP contribution in [0.3, 0.4) is 0 Å². The second kappa shape index (κ2) is 2.97. The van der Waals surface area contributed by atoms with Gasteiger partial charge in [-0.05, 0) is 18.8 Å². The van der Waals surface area contributed by atoms with Gasteiger partial charge in [0, 0.05) is 12.4 Å². The van der Waals surface area contributed by atoms with Crippen LogP contribution >= 0.6 is 0 Å². The molecule has 0 aromatic carbocycles. The average Bonchev–Trinajstić information content (AvgIpc) is 2.86. The van der Waals surface area contributed by atoms with E-state index in [4.69, 9.17) is 4.74 Å². The van der Waals surface area contributed by atoms with E-state index < -0.39 is 0 Å². The Labute approximate surface area is 69.6 Å². The lowest BCUT2D eigenvalue weighted by molar-refractivity contribution is 0.284. The highest BCUT2D eigenvalue weighted by Crippen LogP contribution is 2.28. The van der Waals surface area contributed by atoms with Crippen molar-refractivity contribution in [2.75, 3.05) is 6.61 Å². The van der Waals surface area contributed by atoms with Gasteiger partial charge in [0.2, 0.25) is 0 Å². The van der Waals surface area contributed by atoms with Crippen LogP contribution in [0.4, 0.5) is 0 Å². The normalized spacial score (nSPS) is 16.0. The van der Waals surface area contributed by atoms with Crippen molar-refractivity contribution in [2.45, 2.75) is 12.8 Å². The molecule has 0 unspecified atom stereocenters. The predicted octanol–water partition coefficient (Wildman–Crippen LogP) is 0.559. The van der Waals surface area contributed by atoms with Gasteiger partial charge in [0.05, 0.1) is 6.61 Å². The molecule has 4 nitrogen and oxygen atoms in total. The molecule has 0 spiro atoms. The minimum atomic E-state index is -0.252. The Morgan fingerprint density at radius 1 is 1.67 bits per heavy atom. The fourth-order valence-corrected chi connectivity index (χ4v) is 0.922. The van der Waals surface area contributed by atoms with Gasteiger partial charge in [0.1, 0.15) is 0 Å². The first-order valence-corrected chi connectivity index (χ1v) is 4.03. The van der Waals surface area contributed by atoms with Crippen LogP contribution in [0.1, 0.15) is 12.8 Å². The Kier molecular flexibility index (Phi) is 1.81. The van der Waals surface area contributed by atoms with E-state index in [9.17, 15) is 4.79 Å². The van der Waals surface area contributed by atoms with Crippen LogP contribution in [0.2, 0.25) is 0 Å². The lowest BCUT2D eigenvalue weighted by Gasteiger charge is -2.00. The zero-order valence-electron chi connectivity index (χ0n) is 6.62. The van der Waals surface area contributed by atoms with Gasteiger partial charge < -0.3 is 9.72 Å². The van der Waals surface area contributed by atoms with Gasteiger partial charge >= 0.3 is 5.56 Å². The van der Waals surface area contributed by atoms with Crippen molar-refractivity contribution in [3.63, 3.8) is 0 Å². The second-order valence-corrected chi connectivity index (χ2v) is 2.98. The van der Waals surface area contributed by atoms with Crippen molar-refractivity contribution in [3.8, 4) is 5.88 Å². The summed E-state index contributed by atoms with van der Waals surface area (Å²) >= 11 is 0. The highest BCUT2D eigenvalue weighted by atomic mass is 16.5. The van der Waals surface area contributed by atoms with Crippen molar-refractivity contribution >= 4 is 0 Å². The van der Waals surface area contributed by atoms with Gasteiger partial charge in [0.15, 0.2) is 0 Å². The molecule has 1 aliphatic carbocycles. The molecule has 64 valence electrons. The van der Waals surface area contributed by atoms with Crippen LogP contribution in [0.25, 0.3) is 0 Å². The predicted molar refractivity (Wildman–Crippen MR) is 43.1 cm³/mol. The Morgan fingerprint density at radius 2 is 2.50 bits per heavy atom. The number of nitrogens with one attached hydrogen (secondary N) is 1. The van der Waals surface area contributed by atoms with Crippen LogP contribution in [0.15, 0.2) is 17.2 Å². The van der Waals surface area contributed by atoms with Crippen molar-refractivity contribution in [1.29, 1.82) is 0 Å². The van der Waals surface area contributed by atoms with Gasteiger partial charge in [-0.3, -0.25) is 4.79 Å². The zero-order chi connectivity index (χ0) is 8.39. The summed E-state index contributed by atoms with van der Waals surface area (Å²) in [6, 6.07) is 0. The molecule has 0 aliphatic heterocycles. The number of aromatic nitrogens is 2. The third-order valence-corrected chi connectivity index (χ3v) is 1.83. The molecule has 0 bridgehead atoms. The maximum atomic E-state index is 11.0. The molecule has 0 amide bonds. The van der Waals surface area contributed by atoms with Crippen LogP contribution in [0.5, 0.6) is 5.88 Å². The molecule has 1 aromatic rings. The number of nitrogens with zero attached hydrogens (tertiary/aromatic N) is 1. The lowest BCUT2D eigenvalue weighted by Crippen LogP contribution is -2.13. The molecule has 1 saturated carbocycles. The highest BCUT2D eigenvalue weighted by molar-refractivity contribution is 5.02. The summed E-state index contributed by atoms with van der Waals surface area (Å²) in [5, 5.41) is 0. The van der Waals surface area contributed by atoms with Gasteiger partial charge in [-0.25, -0.2) is 4.98 Å². The number of H-pyrrole nitrogens is 1. The molecule has 1 N–H and O–H groups in total. The summed E-state index contributed by atoms with van der Waals surface area (Å²) in [4.78, 5) is 17.3. The monoisotopic (exact) mass is 166 g/mol. The Bertz CT molecular complexity index is 317. The molecule has 0 atom stereocenters. The highest BCUT2D eigenvalue weighted by Gasteiger charge is 2.22. The third-order valence-electron chi connectivity index (χ3n) is 1.83. The topological polar surface area (TPSA) is 55.0 Å². The molecule has 0 radical (unpaired) electrons. The van der Waals surface area contributed by atoms with E-state index in [0.29, 0.717) is 12.5 Å². The summed E-state index contributed by atoms with van der Waals surface area (Å²) in [6.07, 6.45) is 5.44. The molecule has 0 saturated heterocycles. The smallest absolute Gasteiger partial charge is 0.310 e. The van der Waals surface area contributed by atoms with Crippen molar-refractivity contribution in [1.82, 2.24) is 9.97 Å². The number of hydrogen-bond acceptors (Lipinski definition) is 3. The molecular weight excluding hydrogens is 156 g/mol. The fourth-order valence-electron chi connectivity index (χ4n) is 0.922. The number of hydrogen-bond donors (Lipinski definition) is 1. The first kappa shape index (κ1) is 7.34. The van der Waals surface area contributed by atoms with Crippen LogP contribution in [0, 0.1) is 5.92 Å². The number of ether oxygens (including phenoxy) is 1. The molecule has 1 fully saturated rings. The second-order valence-electron chi connectivity index (χ2n) is 2.98. The molecule has 4 heteroatoms. The fraction of sp³-hybridized carbons (Fsp3) is 0.500. The molecule has 1 aliphatic rings. The standard InChI is InChI=1S/C8H10N2O2/c11-7-8(10-4-3-9-7)12-5-6-1-2-6/h3-4,6H,1-2,5H2,(H,9,11). The summed E-state index contributed by atoms with van der Waals surface area (Å²) in [5.74, 6) is 0.829. The molecule has 1 aromatic heterocycles. The van der Waals surface area contributed by atoms with Crippen LogP contribution in [-0.4, -0.2) is 16.6 Å². The van der Waals surface area contributed by atoms with Gasteiger partial charge in [0.25, 0.3) is 5.88 Å². The minimum absolute atomic E-state index is 0.185. The molecule has 12 heavy (non-hydrogen) atoms. The van der Waals surface area contributed by atoms with Gasteiger partial charge in [-0.2, -0.15) is 0 Å². The Morgan fingerprint density at radius 3 is 3.17 bits per heavy atom. The van der Waals surface area contributed by atoms with E-state index in [2.05, 4.69) is 9.97 Å². The Hall–Kier alpha value is -1.32. The summed E-state index contributed by atoms with van der Waals surface area (Å²) < 4.78 is 5.21. The Balaban J connectivity index is 2.01. The lowest BCUT2D eigenvalue weighted by atomic mass is 10.5. The molecular formula is C8H10N2O2. The molecule has 1 heterocycles. The van der Waals surface area contributed by atoms with E-state index >= 15 is 0 Å². The van der Waals surface area contributed by atoms with E-state index in [1.54, 1.807) is 0 Å². The van der Waals surface area contributed by atoms with Crippen molar-refractivity contribution in [2.24, 2.45) is 5.92 Å². The van der Waals surface area contributed by atoms with E-state index in [-0.39, 0.29) is 11.4 Å². The largest absolute Gasteiger partial charge is 0.473 e. The van der Waals surface area contributed by atoms with E-state index in [0.717, 1.165) is 0 Å². The summed E-state index contributed by atoms with van der Waals surface area (Å²) in [6.45, 7) is 0.625. The summed E-state index contributed by atoms with van der Waals surface area (Å²) in [7, 11) is 0. The minimum Gasteiger partial charge on any atom is -0.473 e. The summed E-state index contributed by atoms with van der Waals surface area (Å²) in [5.41, 5.74) is -0.252. The maximum Gasteiger partial charge on any atom is 0.310 e. The first-order chi connectivity index (χ1) is 5.86. The van der Waals surface area contributed by atoms with Crippen molar-refractivity contribution in [3.05, 3.63) is 22.7 Å². The van der Waals surface area contributed by atoms with Gasteiger partial charge in [-0.1, -0.05) is 0 Å².